The van der Waals surface area contributed by atoms with Gasteiger partial charge in [-0.15, -0.1) is 0 Å². The lowest BCUT2D eigenvalue weighted by atomic mass is 9.81. The molecule has 0 amide bonds. The fourth-order valence-corrected chi connectivity index (χ4v) is 18.0. The molecule has 0 aliphatic carbocycles. The lowest BCUT2D eigenvalue weighted by Crippen LogP contribution is -2.46. The van der Waals surface area contributed by atoms with Crippen molar-refractivity contribution in [3.8, 4) is 0 Å². The van der Waals surface area contributed by atoms with Crippen LogP contribution in [0.2, 0.25) is 0 Å². The molecule has 0 N–H and O–H groups in total. The molecule has 0 aromatic rings. The van der Waals surface area contributed by atoms with Crippen LogP contribution >= 0.6 is 0 Å². The number of aliphatic imine (C=N–C) groups is 9. The Bertz CT molecular complexity index is 3030. The van der Waals surface area contributed by atoms with E-state index in [2.05, 4.69) is 360 Å². The van der Waals surface area contributed by atoms with Gasteiger partial charge in [0.15, 0.2) is 0 Å². The predicted octanol–water partition coefficient (Wildman–Crippen LogP) is 35.3. The molecule has 0 aromatic carbocycles. The highest BCUT2D eigenvalue weighted by atomic mass is 16.5. The molecule has 6 atom stereocenters. The summed E-state index contributed by atoms with van der Waals surface area (Å²) in [5.41, 5.74) is 9.20. The van der Waals surface area contributed by atoms with Crippen molar-refractivity contribution >= 4 is 51.4 Å². The number of hydrogen-bond acceptors (Lipinski definition) is 18. The minimum absolute atomic E-state index is 0.0878. The third-order valence-corrected chi connectivity index (χ3v) is 25.7. The number of nitrogens with zero attached hydrogens (tertiary/aromatic N) is 9. The van der Waals surface area contributed by atoms with Gasteiger partial charge in [-0.25, -0.2) is 0 Å². The summed E-state index contributed by atoms with van der Waals surface area (Å²) in [5.74, 6) is 1.43. The molecule has 0 saturated carbocycles. The molecule has 828 valence electrons. The van der Waals surface area contributed by atoms with Crippen LogP contribution < -0.4 is 0 Å². The van der Waals surface area contributed by atoms with Crippen LogP contribution in [-0.2, 0) is 42.6 Å². The summed E-state index contributed by atoms with van der Waals surface area (Å²) in [7, 11) is 5.56. The van der Waals surface area contributed by atoms with Gasteiger partial charge in [-0.1, -0.05) is 264 Å². The van der Waals surface area contributed by atoms with Gasteiger partial charge in [-0.3, -0.25) is 44.9 Å². The van der Waals surface area contributed by atoms with Crippen molar-refractivity contribution in [3.05, 3.63) is 0 Å². The van der Waals surface area contributed by atoms with Crippen molar-refractivity contribution in [2.24, 2.45) is 62.7 Å². The van der Waals surface area contributed by atoms with E-state index in [0.717, 1.165) is 325 Å². The summed E-state index contributed by atoms with van der Waals surface area (Å²) in [4.78, 5) is 40.6. The van der Waals surface area contributed by atoms with Gasteiger partial charge in [0.1, 0.15) is 50.4 Å². The topological polar surface area (TPSA) is 194 Å². The molecule has 0 spiro atoms. The summed E-state index contributed by atoms with van der Waals surface area (Å²) in [6, 6.07) is 1.05. The summed E-state index contributed by atoms with van der Waals surface area (Å²) in [5, 5.41) is 0. The number of ether oxygens (including phenoxy) is 9. The van der Waals surface area contributed by atoms with E-state index in [-0.39, 0.29) is 50.4 Å². The van der Waals surface area contributed by atoms with Crippen LogP contribution in [0.15, 0.2) is 44.9 Å². The Kier molecular flexibility index (Phi) is 103. The molecule has 18 heteroatoms. The van der Waals surface area contributed by atoms with Gasteiger partial charge in [0.25, 0.3) is 0 Å². The van der Waals surface area contributed by atoms with Crippen molar-refractivity contribution in [2.75, 3.05) is 100 Å². The van der Waals surface area contributed by atoms with Gasteiger partial charge in [0.2, 0.25) is 0 Å². The highest BCUT2D eigenvalue weighted by Gasteiger charge is 2.41. The first kappa shape index (κ1) is 152. The van der Waals surface area contributed by atoms with Crippen molar-refractivity contribution in [2.45, 2.75) is 613 Å². The second kappa shape index (κ2) is 93.5. The zero-order valence-corrected chi connectivity index (χ0v) is 103. The fourth-order valence-electron chi connectivity index (χ4n) is 18.0. The Balaban J connectivity index is -0.000000194. The van der Waals surface area contributed by atoms with Gasteiger partial charge in [0, 0.05) is 170 Å². The van der Waals surface area contributed by atoms with Crippen LogP contribution in [-0.4, -0.2) is 220 Å². The molecule has 0 aromatic heterocycles. The monoisotopic (exact) mass is 1960 g/mol. The molecule has 0 heterocycles. The van der Waals surface area contributed by atoms with E-state index in [1.165, 1.54) is 17.1 Å². The lowest BCUT2D eigenvalue weighted by Gasteiger charge is -2.38. The smallest absolute Gasteiger partial charge is 0.108 e. The lowest BCUT2D eigenvalue weighted by molar-refractivity contribution is -0.0319. The van der Waals surface area contributed by atoms with Crippen molar-refractivity contribution in [3.63, 3.8) is 0 Å². The van der Waals surface area contributed by atoms with Crippen molar-refractivity contribution in [1.29, 1.82) is 0 Å². The first-order valence-electron chi connectivity index (χ1n) is 57.3. The van der Waals surface area contributed by atoms with E-state index in [4.69, 9.17) is 52.6 Å². The van der Waals surface area contributed by atoms with E-state index >= 15 is 0 Å². The molecule has 0 bridgehead atoms. The SMILES string of the molecule is CCCOC(C)(CCC)C(C)=NC.CCCOC(C)(CCC)C(C)=NC(C)C.CCCOC(C)(CCC)C(C)=NCC.CCCOC(CCC)(C(C)=NC(C)C)C(C)C.CCCOC(CCC)(C(C)=NC)C(C)C.CCCOC(CCC)(C(C)=NCC)C(C)C.CCCOC(CCC)(CCC)C(C)=NC.CCCOC(CCC)(CCC)C(C)=NC(C)C.CCCOC(CCC)(CCC)C(C)=NCC. The predicted molar refractivity (Wildman–Crippen MR) is 624 cm³/mol. The van der Waals surface area contributed by atoms with Gasteiger partial charge in [0.05, 0.1) is 0 Å². The van der Waals surface area contributed by atoms with Gasteiger partial charge >= 0.3 is 0 Å². The summed E-state index contributed by atoms with van der Waals surface area (Å²) >= 11 is 0. The molecule has 0 aliphatic rings. The van der Waals surface area contributed by atoms with Crippen LogP contribution in [0.3, 0.4) is 0 Å². The minimum atomic E-state index is -0.158. The third kappa shape index (κ3) is 64.6. The van der Waals surface area contributed by atoms with E-state index in [1.54, 1.807) is 0 Å². The maximum Gasteiger partial charge on any atom is 0.108 e. The van der Waals surface area contributed by atoms with Gasteiger partial charge in [-0.05, 0) is 298 Å². The zero-order chi connectivity index (χ0) is 109. The minimum Gasteiger partial charge on any atom is -0.369 e. The quantitative estimate of drug-likeness (QED) is 0.0532. The Morgan fingerprint density at radius 2 is 0.384 bits per heavy atom. The first-order chi connectivity index (χ1) is 65.0. The molecule has 0 aliphatic heterocycles. The van der Waals surface area contributed by atoms with E-state index < -0.39 is 0 Å². The molecule has 0 rings (SSSR count). The Morgan fingerprint density at radius 1 is 0.188 bits per heavy atom. The van der Waals surface area contributed by atoms with Crippen molar-refractivity contribution in [1.82, 2.24) is 0 Å². The Labute approximate surface area is 864 Å². The fraction of sp³-hybridized carbons (Fsp3) is 0.925. The Morgan fingerprint density at radius 3 is 0.623 bits per heavy atom. The van der Waals surface area contributed by atoms with Gasteiger partial charge < -0.3 is 42.6 Å². The molecular weight excluding hydrogens is 1710 g/mol. The maximum atomic E-state index is 6.21. The van der Waals surface area contributed by atoms with E-state index in [1.807, 2.05) is 28.1 Å². The van der Waals surface area contributed by atoms with Gasteiger partial charge in [-0.2, -0.15) is 0 Å². The van der Waals surface area contributed by atoms with Crippen molar-refractivity contribution < 1.29 is 42.6 Å². The second-order valence-electron chi connectivity index (χ2n) is 40.5. The van der Waals surface area contributed by atoms with Crippen LogP contribution in [0.1, 0.15) is 544 Å². The molecule has 0 radical (unpaired) electrons. The molecule has 6 unspecified atom stereocenters. The highest BCUT2D eigenvalue weighted by Crippen LogP contribution is 2.36. The normalized spacial score (nSPS) is 15.6. The van der Waals surface area contributed by atoms with E-state index in [9.17, 15) is 0 Å². The number of hydrogen-bond donors (Lipinski definition) is 0. The zero-order valence-electron chi connectivity index (χ0n) is 103. The molecule has 0 fully saturated rings. The average molecular weight is 1960 g/mol. The van der Waals surface area contributed by atoms with Crippen LogP contribution in [0.5, 0.6) is 0 Å². The summed E-state index contributed by atoms with van der Waals surface area (Å²) in [6.07, 6.45) is 36.2. The van der Waals surface area contributed by atoms with E-state index in [0.29, 0.717) is 35.9 Å². The molecular formula is C120H249N9O9. The van der Waals surface area contributed by atoms with Crippen LogP contribution in [0.25, 0.3) is 0 Å². The van der Waals surface area contributed by atoms with Crippen LogP contribution in [0.4, 0.5) is 0 Å². The first-order valence-corrected chi connectivity index (χ1v) is 57.3. The molecule has 138 heavy (non-hydrogen) atoms. The maximum absolute atomic E-state index is 6.21. The Hall–Kier alpha value is -3.33. The molecule has 0 saturated heterocycles. The third-order valence-electron chi connectivity index (χ3n) is 25.7. The standard InChI is InChI=1S/2C15H31NO.2C14H29NO.3C13H27NO.C12H25NO.C11H23NO/c1-8-10-15(12(3)4,17-11-9-2)14(7)16-13(5)6;1-7-10-15(11-8-2,17-12-9-3)14(6)16-13(4)5;1-7-10-14(12(4)5,16-11-8-2)13(6)15-9-3;1-6-10-14(11-7-2,16-12-8-3)13(5)15-9-4;1-7-9-13(11(3)4,12(5)14-6)15-10-8-2;1-7-9-13(6,15-10-8-2)12(5)14-11(3)4;1-6-9-13(10-7-2,12(4)14-5)15-11-8-3;1-6-9-12(5,14-10-7-2)11(4)13-8-3;1-6-8-11(4,10(3)12-5)13-9-7-2/h12-13H,8-11H2,1-7H3;13H,7-12H2,1-6H3;12H,7-11H2,1-6H3;6-12H2,1-5H3;2*11H,7-10H2,1-6H3;6-11H2,1-5H3;6-10H2,1-5H3;6-9H2,1-5H3. The second-order valence-corrected chi connectivity index (χ2v) is 40.5. The number of rotatable bonds is 69. The largest absolute Gasteiger partial charge is 0.369 e. The highest BCUT2D eigenvalue weighted by molar-refractivity contribution is 5.94. The average Bonchev–Trinajstić information content (AvgIpc) is 0.809. The summed E-state index contributed by atoms with van der Waals surface area (Å²) in [6.45, 7) is 114. The molecule has 18 nitrogen and oxygen atoms in total. The van der Waals surface area contributed by atoms with Crippen LogP contribution in [0, 0.1) is 17.8 Å². The summed E-state index contributed by atoms with van der Waals surface area (Å²) < 4.78 is 54.6.